The molecule has 0 saturated carbocycles. The summed E-state index contributed by atoms with van der Waals surface area (Å²) in [5.74, 6) is 0.0732. The predicted molar refractivity (Wildman–Crippen MR) is 135 cm³/mol. The molecule has 37 heavy (non-hydrogen) atoms. The van der Waals surface area contributed by atoms with Gasteiger partial charge in [-0.3, -0.25) is 9.52 Å². The number of sulfonamides is 1. The van der Waals surface area contributed by atoms with Gasteiger partial charge in [-0.15, -0.1) is 0 Å². The van der Waals surface area contributed by atoms with Crippen LogP contribution in [0.2, 0.25) is 0 Å². The minimum atomic E-state index is -3.89. The van der Waals surface area contributed by atoms with Gasteiger partial charge in [0.25, 0.3) is 15.9 Å². The highest BCUT2D eigenvalue weighted by atomic mass is 32.2. The number of aromatic nitrogens is 5. The van der Waals surface area contributed by atoms with Crippen LogP contribution < -0.4 is 10.0 Å². The van der Waals surface area contributed by atoms with Crippen LogP contribution in [-0.4, -0.2) is 39.1 Å². The van der Waals surface area contributed by atoms with Crippen molar-refractivity contribution in [2.75, 3.05) is 4.72 Å². The van der Waals surface area contributed by atoms with Crippen molar-refractivity contribution in [3.8, 4) is 11.9 Å². The molecule has 0 unspecified atom stereocenters. The first-order valence-electron chi connectivity index (χ1n) is 11.1. The maximum atomic E-state index is 13.0. The highest BCUT2D eigenvalue weighted by molar-refractivity contribution is 7.92. The molecule has 0 spiro atoms. The molecule has 5 aromatic rings. The smallest absolute Gasteiger partial charge is 0.271 e. The Morgan fingerprint density at radius 1 is 1.14 bits per heavy atom. The van der Waals surface area contributed by atoms with Gasteiger partial charge in [0.15, 0.2) is 5.82 Å². The zero-order valence-electron chi connectivity index (χ0n) is 19.5. The van der Waals surface area contributed by atoms with Crippen LogP contribution in [0.15, 0.2) is 78.3 Å². The Kier molecular flexibility index (Phi) is 6.12. The fraction of sp³-hybridized carbons (Fsp3) is 0.0800. The summed E-state index contributed by atoms with van der Waals surface area (Å²) in [4.78, 5) is 23.8. The van der Waals surface area contributed by atoms with Crippen molar-refractivity contribution in [2.24, 2.45) is 0 Å². The van der Waals surface area contributed by atoms with Gasteiger partial charge in [0.2, 0.25) is 0 Å². The maximum Gasteiger partial charge on any atom is 0.271 e. The number of nitriles is 1. The summed E-state index contributed by atoms with van der Waals surface area (Å²) >= 11 is 0. The van der Waals surface area contributed by atoms with E-state index in [1.54, 1.807) is 48.9 Å². The van der Waals surface area contributed by atoms with Gasteiger partial charge < -0.3 is 10.3 Å². The lowest BCUT2D eigenvalue weighted by molar-refractivity contribution is 0.0945. The molecular weight excluding hydrogens is 492 g/mol. The van der Waals surface area contributed by atoms with Gasteiger partial charge in [0, 0.05) is 30.5 Å². The van der Waals surface area contributed by atoms with Crippen LogP contribution in [0.1, 0.15) is 27.2 Å². The quantitative estimate of drug-likeness (QED) is 0.302. The van der Waals surface area contributed by atoms with Gasteiger partial charge in [-0.25, -0.2) is 23.1 Å². The SMILES string of the molecule is Cc1ccc(NS(=O)(=O)c2ccc(CNC(=O)c3cnc(-n4cccn4)cn3)cc2)c2[nH]cc(C#N)c12. The van der Waals surface area contributed by atoms with Gasteiger partial charge in [0.1, 0.15) is 11.8 Å². The summed E-state index contributed by atoms with van der Waals surface area (Å²) in [6.07, 6.45) is 7.69. The molecule has 0 bridgehead atoms. The fourth-order valence-electron chi connectivity index (χ4n) is 3.82. The number of benzene rings is 2. The Bertz CT molecular complexity index is 1740. The lowest BCUT2D eigenvalue weighted by Gasteiger charge is -2.11. The Balaban J connectivity index is 1.25. The molecule has 3 N–H and O–H groups in total. The third kappa shape index (κ3) is 4.75. The molecule has 184 valence electrons. The van der Waals surface area contributed by atoms with Crippen LogP contribution in [0, 0.1) is 18.3 Å². The molecule has 1 amide bonds. The fourth-order valence-corrected chi connectivity index (χ4v) is 4.89. The first-order chi connectivity index (χ1) is 17.9. The van der Waals surface area contributed by atoms with E-state index in [4.69, 9.17) is 0 Å². The highest BCUT2D eigenvalue weighted by Crippen LogP contribution is 2.30. The zero-order valence-corrected chi connectivity index (χ0v) is 20.3. The molecule has 3 heterocycles. The number of amides is 1. The number of carbonyl (C=O) groups excluding carboxylic acids is 1. The van der Waals surface area contributed by atoms with Crippen LogP contribution in [0.3, 0.4) is 0 Å². The van der Waals surface area contributed by atoms with E-state index >= 15 is 0 Å². The summed E-state index contributed by atoms with van der Waals surface area (Å²) in [6, 6.07) is 13.4. The van der Waals surface area contributed by atoms with Crippen LogP contribution in [0.5, 0.6) is 0 Å². The Morgan fingerprint density at radius 2 is 1.95 bits per heavy atom. The molecule has 5 rings (SSSR count). The molecule has 0 saturated heterocycles. The van der Waals surface area contributed by atoms with Gasteiger partial charge >= 0.3 is 0 Å². The maximum absolute atomic E-state index is 13.0. The first kappa shape index (κ1) is 23.7. The summed E-state index contributed by atoms with van der Waals surface area (Å²) < 4.78 is 30.1. The number of nitrogens with zero attached hydrogens (tertiary/aromatic N) is 5. The molecule has 3 aromatic heterocycles. The normalized spacial score (nSPS) is 11.2. The van der Waals surface area contributed by atoms with Gasteiger partial charge in [-0.05, 0) is 42.3 Å². The number of H-pyrrole nitrogens is 1. The number of rotatable bonds is 7. The number of anilines is 1. The summed E-state index contributed by atoms with van der Waals surface area (Å²) in [7, 11) is -3.89. The average molecular weight is 513 g/mol. The van der Waals surface area contributed by atoms with Crippen molar-refractivity contribution < 1.29 is 13.2 Å². The van der Waals surface area contributed by atoms with E-state index in [0.717, 1.165) is 5.56 Å². The third-order valence-corrected chi connectivity index (χ3v) is 7.09. The van der Waals surface area contributed by atoms with E-state index in [2.05, 4.69) is 36.2 Å². The van der Waals surface area contributed by atoms with Crippen LogP contribution >= 0.6 is 0 Å². The van der Waals surface area contributed by atoms with Gasteiger partial charge in [-0.1, -0.05) is 18.2 Å². The third-order valence-electron chi connectivity index (χ3n) is 5.71. The number of fused-ring (bicyclic) bond motifs is 1. The minimum absolute atomic E-state index is 0.0587. The second kappa shape index (κ2) is 9.56. The minimum Gasteiger partial charge on any atom is -0.358 e. The number of hydrogen-bond acceptors (Lipinski definition) is 7. The molecule has 2 aromatic carbocycles. The predicted octanol–water partition coefficient (Wildman–Crippen LogP) is 3.05. The van der Waals surface area contributed by atoms with Crippen molar-refractivity contribution >= 4 is 32.5 Å². The largest absolute Gasteiger partial charge is 0.358 e. The average Bonchev–Trinajstić information content (AvgIpc) is 3.60. The molecule has 12 heteroatoms. The van der Waals surface area contributed by atoms with E-state index in [-0.39, 0.29) is 17.1 Å². The topological polar surface area (TPSA) is 158 Å². The van der Waals surface area contributed by atoms with Crippen molar-refractivity contribution in [3.63, 3.8) is 0 Å². The van der Waals surface area contributed by atoms with Crippen LogP contribution in [0.4, 0.5) is 5.69 Å². The van der Waals surface area contributed by atoms with Crippen molar-refractivity contribution in [3.05, 3.63) is 95.8 Å². The van der Waals surface area contributed by atoms with Crippen LogP contribution in [-0.2, 0) is 16.6 Å². The second-order valence-electron chi connectivity index (χ2n) is 8.14. The summed E-state index contributed by atoms with van der Waals surface area (Å²) in [5, 5.41) is 16.8. The lowest BCUT2D eigenvalue weighted by atomic mass is 10.1. The molecule has 0 aliphatic heterocycles. The number of hydrogen-bond donors (Lipinski definition) is 3. The molecule has 0 aliphatic carbocycles. The number of nitrogens with one attached hydrogen (secondary N) is 3. The number of aromatic amines is 1. The van der Waals surface area contributed by atoms with Gasteiger partial charge in [0.05, 0.1) is 34.1 Å². The standard InChI is InChI=1S/C25H20N8O3S/c1-16-3-8-20(24-23(16)18(11-26)13-29-24)32-37(35,36)19-6-4-17(5-7-19)12-30-25(34)21-14-28-22(15-27-21)33-10-2-9-31-33/h2-10,13-15,29,32H,12H2,1H3,(H,30,34). The molecule has 0 atom stereocenters. The number of carbonyl (C=O) groups is 1. The lowest BCUT2D eigenvalue weighted by Crippen LogP contribution is -2.24. The Morgan fingerprint density at radius 3 is 2.62 bits per heavy atom. The Labute approximate surface area is 211 Å². The van der Waals surface area contributed by atoms with Crippen molar-refractivity contribution in [1.29, 1.82) is 5.26 Å². The second-order valence-corrected chi connectivity index (χ2v) is 9.82. The molecule has 11 nitrogen and oxygen atoms in total. The highest BCUT2D eigenvalue weighted by Gasteiger charge is 2.18. The molecule has 0 aliphatic rings. The Hall–Kier alpha value is -5.02. The van der Waals surface area contributed by atoms with E-state index in [1.807, 2.05) is 6.92 Å². The monoisotopic (exact) mass is 512 g/mol. The molecule has 0 radical (unpaired) electrons. The first-order valence-corrected chi connectivity index (χ1v) is 12.6. The van der Waals surface area contributed by atoms with E-state index in [9.17, 15) is 18.5 Å². The van der Waals surface area contributed by atoms with E-state index in [0.29, 0.717) is 33.5 Å². The number of aryl methyl sites for hydroxylation is 1. The van der Waals surface area contributed by atoms with Crippen LogP contribution in [0.25, 0.3) is 16.7 Å². The van der Waals surface area contributed by atoms with Crippen molar-refractivity contribution in [2.45, 2.75) is 18.4 Å². The zero-order chi connectivity index (χ0) is 26.0. The summed E-state index contributed by atoms with van der Waals surface area (Å²) in [6.45, 7) is 2.03. The van der Waals surface area contributed by atoms with E-state index < -0.39 is 15.9 Å². The van der Waals surface area contributed by atoms with Crippen molar-refractivity contribution in [1.82, 2.24) is 30.0 Å². The van der Waals surface area contributed by atoms with Gasteiger partial charge in [-0.2, -0.15) is 10.4 Å². The van der Waals surface area contributed by atoms with E-state index in [1.165, 1.54) is 29.2 Å². The summed E-state index contributed by atoms with van der Waals surface area (Å²) in [5.41, 5.74) is 3.04. The molecular formula is C25H20N8O3S. The molecule has 0 fully saturated rings.